The molecule has 0 aliphatic heterocycles. The van der Waals surface area contributed by atoms with Crippen molar-refractivity contribution in [3.63, 3.8) is 0 Å². The van der Waals surface area contributed by atoms with Gasteiger partial charge in [-0.05, 0) is 62.2 Å². The lowest BCUT2D eigenvalue weighted by molar-refractivity contribution is 0.100. The molecular formula is C23H21N3O3. The molecular weight excluding hydrogens is 366 g/mol. The summed E-state index contributed by atoms with van der Waals surface area (Å²) in [6, 6.07) is 17.0. The monoisotopic (exact) mass is 387 g/mol. The fraction of sp³-hybridized carbons (Fsp3) is 0.130. The van der Waals surface area contributed by atoms with Gasteiger partial charge in [0, 0.05) is 16.9 Å². The third kappa shape index (κ3) is 4.73. The number of carbonyl (C=O) groups excluding carboxylic acids is 3. The minimum atomic E-state index is -0.466. The summed E-state index contributed by atoms with van der Waals surface area (Å²) >= 11 is 0. The number of nitrogens with one attached hydrogen (secondary N) is 2. The van der Waals surface area contributed by atoms with Gasteiger partial charge in [-0.15, -0.1) is 0 Å². The topological polar surface area (TPSA) is 88.2 Å². The zero-order valence-electron chi connectivity index (χ0n) is 16.4. The molecule has 2 aromatic carbocycles. The van der Waals surface area contributed by atoms with Crippen LogP contribution in [0.5, 0.6) is 0 Å². The van der Waals surface area contributed by atoms with Gasteiger partial charge >= 0.3 is 0 Å². The Kier molecular flexibility index (Phi) is 5.83. The molecule has 0 aliphatic carbocycles. The van der Waals surface area contributed by atoms with Crippen molar-refractivity contribution in [3.05, 3.63) is 88.7 Å². The summed E-state index contributed by atoms with van der Waals surface area (Å²) in [6.45, 7) is 5.35. The molecule has 0 saturated carbocycles. The highest BCUT2D eigenvalue weighted by atomic mass is 16.2. The Morgan fingerprint density at radius 3 is 2.10 bits per heavy atom. The summed E-state index contributed by atoms with van der Waals surface area (Å²) in [7, 11) is 0. The minimum absolute atomic E-state index is 0.0932. The van der Waals surface area contributed by atoms with Gasteiger partial charge in [0.15, 0.2) is 5.78 Å². The number of aromatic nitrogens is 1. The van der Waals surface area contributed by atoms with Crippen LogP contribution in [0, 0.1) is 13.8 Å². The maximum Gasteiger partial charge on any atom is 0.274 e. The van der Waals surface area contributed by atoms with Crippen molar-refractivity contribution >= 4 is 29.0 Å². The molecule has 0 bridgehead atoms. The van der Waals surface area contributed by atoms with Gasteiger partial charge in [-0.3, -0.25) is 14.4 Å². The van der Waals surface area contributed by atoms with Crippen LogP contribution in [-0.4, -0.2) is 22.6 Å². The van der Waals surface area contributed by atoms with Crippen molar-refractivity contribution in [1.82, 2.24) is 4.98 Å². The number of carbonyl (C=O) groups is 3. The van der Waals surface area contributed by atoms with E-state index in [-0.39, 0.29) is 17.2 Å². The molecule has 6 heteroatoms. The number of rotatable bonds is 5. The number of Topliss-reactive ketones (excluding diaryl/α,β-unsaturated/α-hetero) is 1. The normalized spacial score (nSPS) is 10.3. The van der Waals surface area contributed by atoms with Gasteiger partial charge in [-0.25, -0.2) is 4.98 Å². The third-order valence-corrected chi connectivity index (χ3v) is 4.59. The van der Waals surface area contributed by atoms with Crippen molar-refractivity contribution in [2.45, 2.75) is 20.8 Å². The lowest BCUT2D eigenvalue weighted by Crippen LogP contribution is -2.19. The molecule has 146 valence electrons. The van der Waals surface area contributed by atoms with Crippen molar-refractivity contribution in [2.75, 3.05) is 10.6 Å². The van der Waals surface area contributed by atoms with E-state index in [1.54, 1.807) is 36.4 Å². The highest BCUT2D eigenvalue weighted by molar-refractivity contribution is 6.06. The Labute approximate surface area is 169 Å². The maximum absolute atomic E-state index is 12.6. The van der Waals surface area contributed by atoms with Crippen molar-refractivity contribution in [3.8, 4) is 0 Å². The Morgan fingerprint density at radius 2 is 1.41 bits per heavy atom. The van der Waals surface area contributed by atoms with Crippen LogP contribution in [0.25, 0.3) is 0 Å². The van der Waals surface area contributed by atoms with E-state index in [2.05, 4.69) is 15.6 Å². The molecule has 0 spiro atoms. The summed E-state index contributed by atoms with van der Waals surface area (Å²) in [5, 5.41) is 5.53. The maximum atomic E-state index is 12.6. The molecule has 29 heavy (non-hydrogen) atoms. The quantitative estimate of drug-likeness (QED) is 0.635. The van der Waals surface area contributed by atoms with Crippen LogP contribution in [0.2, 0.25) is 0 Å². The average molecular weight is 387 g/mol. The van der Waals surface area contributed by atoms with Gasteiger partial charge in [-0.1, -0.05) is 30.3 Å². The van der Waals surface area contributed by atoms with Crippen LogP contribution < -0.4 is 10.6 Å². The van der Waals surface area contributed by atoms with E-state index in [1.807, 2.05) is 32.0 Å². The predicted octanol–water partition coefficient (Wildman–Crippen LogP) is 4.41. The molecule has 6 nitrogen and oxygen atoms in total. The second kappa shape index (κ2) is 8.48. The number of nitrogens with zero attached hydrogens (tertiary/aromatic N) is 1. The Balaban J connectivity index is 1.77. The summed E-state index contributed by atoms with van der Waals surface area (Å²) in [5.74, 6) is -0.955. The number of hydrogen-bond acceptors (Lipinski definition) is 4. The highest BCUT2D eigenvalue weighted by Crippen LogP contribution is 2.19. The second-order valence-electron chi connectivity index (χ2n) is 6.70. The van der Waals surface area contributed by atoms with Gasteiger partial charge in [0.1, 0.15) is 11.4 Å². The second-order valence-corrected chi connectivity index (χ2v) is 6.70. The molecule has 0 unspecified atom stereocenters. The number of anilines is 2. The first-order chi connectivity index (χ1) is 13.8. The van der Waals surface area contributed by atoms with Crippen molar-refractivity contribution in [1.29, 1.82) is 0 Å². The lowest BCUT2D eigenvalue weighted by Gasteiger charge is -2.11. The highest BCUT2D eigenvalue weighted by Gasteiger charge is 2.14. The molecule has 1 heterocycles. The molecule has 0 atom stereocenters. The molecule has 0 saturated heterocycles. The van der Waals surface area contributed by atoms with Crippen LogP contribution in [-0.2, 0) is 0 Å². The smallest absolute Gasteiger partial charge is 0.274 e. The fourth-order valence-corrected chi connectivity index (χ4v) is 2.77. The number of benzene rings is 2. The summed E-state index contributed by atoms with van der Waals surface area (Å²) < 4.78 is 0. The molecule has 0 aliphatic rings. The first-order valence-corrected chi connectivity index (χ1v) is 9.12. The van der Waals surface area contributed by atoms with Gasteiger partial charge in [0.05, 0.1) is 0 Å². The third-order valence-electron chi connectivity index (χ3n) is 4.59. The first kappa shape index (κ1) is 19.9. The predicted molar refractivity (Wildman–Crippen MR) is 113 cm³/mol. The fourth-order valence-electron chi connectivity index (χ4n) is 2.77. The first-order valence-electron chi connectivity index (χ1n) is 9.12. The summed E-state index contributed by atoms with van der Waals surface area (Å²) in [6.07, 6.45) is 0. The van der Waals surface area contributed by atoms with Crippen LogP contribution in [0.3, 0.4) is 0 Å². The Bertz CT molecular complexity index is 1110. The molecule has 1 aromatic heterocycles. The van der Waals surface area contributed by atoms with Crippen LogP contribution >= 0.6 is 0 Å². The summed E-state index contributed by atoms with van der Waals surface area (Å²) in [5.41, 5.74) is 3.96. The number of pyridine rings is 1. The zero-order chi connectivity index (χ0) is 21.0. The lowest BCUT2D eigenvalue weighted by atomic mass is 10.1. The molecule has 0 fully saturated rings. The van der Waals surface area contributed by atoms with E-state index in [9.17, 15) is 14.4 Å². The molecule has 2 N–H and O–H groups in total. The number of hydrogen-bond donors (Lipinski definition) is 2. The Hall–Kier alpha value is -3.80. The van der Waals surface area contributed by atoms with Crippen LogP contribution in [0.1, 0.15) is 49.4 Å². The van der Waals surface area contributed by atoms with Gasteiger partial charge in [0.2, 0.25) is 0 Å². The average Bonchev–Trinajstić information content (AvgIpc) is 2.71. The molecule has 3 aromatic rings. The minimum Gasteiger partial charge on any atom is -0.321 e. The SMILES string of the molecule is CC(=O)c1cccc(NC(=O)c2cccc(C(=O)Nc3cccc(C)c3C)n2)c1. The number of aryl methyl sites for hydroxylation is 1. The van der Waals surface area contributed by atoms with E-state index in [4.69, 9.17) is 0 Å². The van der Waals surface area contributed by atoms with Crippen LogP contribution in [0.15, 0.2) is 60.7 Å². The van der Waals surface area contributed by atoms with Gasteiger partial charge < -0.3 is 10.6 Å². The standard InChI is InChI=1S/C23H21N3O3/c1-14-7-4-10-19(15(14)2)26-23(29)21-12-6-11-20(25-21)22(28)24-18-9-5-8-17(13-18)16(3)27/h4-13H,1-3H3,(H,24,28)(H,26,29). The van der Waals surface area contributed by atoms with E-state index in [0.29, 0.717) is 16.9 Å². The van der Waals surface area contributed by atoms with Crippen LogP contribution in [0.4, 0.5) is 11.4 Å². The largest absolute Gasteiger partial charge is 0.321 e. The van der Waals surface area contributed by atoms with E-state index >= 15 is 0 Å². The van der Waals surface area contributed by atoms with E-state index in [1.165, 1.54) is 13.0 Å². The molecule has 3 rings (SSSR count). The van der Waals surface area contributed by atoms with E-state index in [0.717, 1.165) is 11.1 Å². The zero-order valence-corrected chi connectivity index (χ0v) is 16.4. The van der Waals surface area contributed by atoms with Gasteiger partial charge in [-0.2, -0.15) is 0 Å². The summed E-state index contributed by atoms with van der Waals surface area (Å²) in [4.78, 5) is 40.8. The van der Waals surface area contributed by atoms with E-state index < -0.39 is 11.8 Å². The van der Waals surface area contributed by atoms with Crippen molar-refractivity contribution in [2.24, 2.45) is 0 Å². The van der Waals surface area contributed by atoms with Gasteiger partial charge in [0.25, 0.3) is 11.8 Å². The van der Waals surface area contributed by atoms with Crippen molar-refractivity contribution < 1.29 is 14.4 Å². The Morgan fingerprint density at radius 1 is 0.793 bits per heavy atom. The molecule has 0 radical (unpaired) electrons. The number of amides is 2. The molecule has 2 amide bonds. The number of ketones is 1.